The Morgan fingerprint density at radius 3 is 2.69 bits per heavy atom. The third kappa shape index (κ3) is 3.19. The van der Waals surface area contributed by atoms with Gasteiger partial charge in [-0.3, -0.25) is 0 Å². The van der Waals surface area contributed by atoms with Crippen LogP contribution in [0.4, 0.5) is 13.9 Å². The Kier molecular flexibility index (Phi) is 3.10. The van der Waals surface area contributed by atoms with E-state index in [2.05, 4.69) is 15.5 Å². The molecule has 0 fully saturated rings. The highest BCUT2D eigenvalue weighted by atomic mass is 32.1. The van der Waals surface area contributed by atoms with Gasteiger partial charge in [0.1, 0.15) is 5.01 Å². The van der Waals surface area contributed by atoms with Crippen molar-refractivity contribution in [2.45, 2.75) is 12.8 Å². The molecule has 7 heteroatoms. The van der Waals surface area contributed by atoms with Crippen LogP contribution in [0.3, 0.4) is 0 Å². The zero-order valence-corrected chi connectivity index (χ0v) is 7.87. The third-order valence-corrected chi connectivity index (χ3v) is 2.12. The van der Waals surface area contributed by atoms with Crippen LogP contribution in [0, 0.1) is 6.92 Å². The summed E-state index contributed by atoms with van der Waals surface area (Å²) in [5.74, 6) is -2.89. The number of anilines is 1. The van der Waals surface area contributed by atoms with E-state index in [1.54, 1.807) is 6.92 Å². The van der Waals surface area contributed by atoms with Crippen molar-refractivity contribution in [2.75, 3.05) is 18.4 Å². The van der Waals surface area contributed by atoms with Crippen molar-refractivity contribution >= 4 is 16.5 Å². The van der Waals surface area contributed by atoms with Crippen LogP contribution >= 0.6 is 11.3 Å². The van der Waals surface area contributed by atoms with Crippen molar-refractivity contribution in [1.82, 2.24) is 10.2 Å². The van der Waals surface area contributed by atoms with Crippen molar-refractivity contribution < 1.29 is 8.78 Å². The van der Waals surface area contributed by atoms with Crippen molar-refractivity contribution in [2.24, 2.45) is 5.73 Å². The van der Waals surface area contributed by atoms with Crippen molar-refractivity contribution in [3.63, 3.8) is 0 Å². The number of hydrogen-bond acceptors (Lipinski definition) is 5. The molecule has 0 radical (unpaired) electrons. The lowest BCUT2D eigenvalue weighted by Gasteiger charge is -2.13. The predicted molar refractivity (Wildman–Crippen MR) is 47.1 cm³/mol. The minimum atomic E-state index is -2.89. The molecule has 0 unspecified atom stereocenters. The van der Waals surface area contributed by atoms with Gasteiger partial charge in [-0.1, -0.05) is 11.3 Å². The maximum absolute atomic E-state index is 12.6. The summed E-state index contributed by atoms with van der Waals surface area (Å²) >= 11 is 1.23. The SMILES string of the molecule is Cc1nnc(NCC(F)(F)CN)s1. The molecule has 0 aliphatic heterocycles. The smallest absolute Gasteiger partial charge is 0.276 e. The standard InChI is InChI=1S/C6H10F2N4S/c1-4-11-12-5(13-4)10-3-6(7,8)2-9/h2-3,9H2,1H3,(H,10,12). The average Bonchev–Trinajstić information content (AvgIpc) is 2.48. The molecule has 1 rings (SSSR count). The molecule has 13 heavy (non-hydrogen) atoms. The summed E-state index contributed by atoms with van der Waals surface area (Å²) in [5, 5.41) is 10.9. The fraction of sp³-hybridized carbons (Fsp3) is 0.667. The van der Waals surface area contributed by atoms with Crippen molar-refractivity contribution in [3.8, 4) is 0 Å². The molecular formula is C6H10F2N4S. The summed E-state index contributed by atoms with van der Waals surface area (Å²) in [4.78, 5) is 0. The van der Waals surface area contributed by atoms with Crippen LogP contribution in [0.15, 0.2) is 0 Å². The summed E-state index contributed by atoms with van der Waals surface area (Å²) in [7, 11) is 0. The molecule has 0 saturated heterocycles. The van der Waals surface area contributed by atoms with Gasteiger partial charge in [0.25, 0.3) is 5.92 Å². The number of halogens is 2. The number of nitrogens with two attached hydrogens (primary N) is 1. The molecule has 0 spiro atoms. The first-order valence-corrected chi connectivity index (χ1v) is 4.47. The number of aromatic nitrogens is 2. The highest BCUT2D eigenvalue weighted by molar-refractivity contribution is 7.15. The number of aryl methyl sites for hydroxylation is 1. The normalized spacial score (nSPS) is 11.7. The number of alkyl halides is 2. The first-order chi connectivity index (χ1) is 6.03. The fourth-order valence-electron chi connectivity index (χ4n) is 0.645. The minimum Gasteiger partial charge on any atom is -0.354 e. The van der Waals surface area contributed by atoms with E-state index < -0.39 is 19.0 Å². The molecule has 1 heterocycles. The van der Waals surface area contributed by atoms with Crippen LogP contribution in [-0.4, -0.2) is 29.2 Å². The molecular weight excluding hydrogens is 198 g/mol. The quantitative estimate of drug-likeness (QED) is 0.770. The zero-order valence-electron chi connectivity index (χ0n) is 7.05. The van der Waals surface area contributed by atoms with Crippen LogP contribution in [0.2, 0.25) is 0 Å². The van der Waals surface area contributed by atoms with Gasteiger partial charge < -0.3 is 11.1 Å². The Labute approximate surface area is 78.2 Å². The highest BCUT2D eigenvalue weighted by Gasteiger charge is 2.26. The van der Waals surface area contributed by atoms with Gasteiger partial charge in [0.05, 0.1) is 13.1 Å². The molecule has 0 bridgehead atoms. The molecule has 1 aromatic rings. The van der Waals surface area contributed by atoms with Gasteiger partial charge in [0.2, 0.25) is 5.13 Å². The summed E-state index contributed by atoms with van der Waals surface area (Å²) in [6.07, 6.45) is 0. The van der Waals surface area contributed by atoms with Gasteiger partial charge >= 0.3 is 0 Å². The molecule has 1 aromatic heterocycles. The Morgan fingerprint density at radius 1 is 1.54 bits per heavy atom. The zero-order chi connectivity index (χ0) is 9.90. The predicted octanol–water partition coefficient (Wildman–Crippen LogP) is 0.852. The monoisotopic (exact) mass is 208 g/mol. The van der Waals surface area contributed by atoms with Gasteiger partial charge in [0.15, 0.2) is 0 Å². The summed E-state index contributed by atoms with van der Waals surface area (Å²) in [6, 6.07) is 0. The largest absolute Gasteiger partial charge is 0.354 e. The molecule has 74 valence electrons. The molecule has 4 nitrogen and oxygen atoms in total. The van der Waals surface area contributed by atoms with E-state index in [9.17, 15) is 8.78 Å². The molecule has 0 atom stereocenters. The number of rotatable bonds is 4. The van der Waals surface area contributed by atoms with Gasteiger partial charge in [-0.05, 0) is 6.92 Å². The van der Waals surface area contributed by atoms with E-state index >= 15 is 0 Å². The van der Waals surface area contributed by atoms with Crippen LogP contribution < -0.4 is 11.1 Å². The fourth-order valence-corrected chi connectivity index (χ4v) is 1.23. The van der Waals surface area contributed by atoms with Crippen molar-refractivity contribution in [1.29, 1.82) is 0 Å². The van der Waals surface area contributed by atoms with Gasteiger partial charge in [-0.25, -0.2) is 8.78 Å². The summed E-state index contributed by atoms with van der Waals surface area (Å²) < 4.78 is 25.2. The second-order valence-electron chi connectivity index (χ2n) is 2.54. The Hall–Kier alpha value is -0.820. The van der Waals surface area contributed by atoms with E-state index in [0.29, 0.717) is 5.13 Å². The van der Waals surface area contributed by atoms with E-state index in [1.165, 1.54) is 11.3 Å². The second kappa shape index (κ2) is 3.93. The summed E-state index contributed by atoms with van der Waals surface area (Å²) in [6.45, 7) is 0.583. The lowest BCUT2D eigenvalue weighted by Crippen LogP contribution is -2.35. The lowest BCUT2D eigenvalue weighted by molar-refractivity contribution is 0.0254. The lowest BCUT2D eigenvalue weighted by atomic mass is 10.3. The summed E-state index contributed by atoms with van der Waals surface area (Å²) in [5.41, 5.74) is 4.85. The van der Waals surface area contributed by atoms with Gasteiger partial charge in [-0.15, -0.1) is 10.2 Å². The van der Waals surface area contributed by atoms with E-state index in [4.69, 9.17) is 5.73 Å². The molecule has 0 aliphatic rings. The number of nitrogens with one attached hydrogen (secondary N) is 1. The first-order valence-electron chi connectivity index (χ1n) is 3.65. The maximum atomic E-state index is 12.6. The highest BCUT2D eigenvalue weighted by Crippen LogP contribution is 2.17. The Balaban J connectivity index is 2.43. The average molecular weight is 208 g/mol. The Bertz CT molecular complexity index is 275. The Morgan fingerprint density at radius 2 is 2.23 bits per heavy atom. The van der Waals surface area contributed by atoms with Crippen LogP contribution in [0.25, 0.3) is 0 Å². The van der Waals surface area contributed by atoms with Gasteiger partial charge in [-0.2, -0.15) is 0 Å². The molecule has 0 amide bonds. The molecule has 0 saturated carbocycles. The van der Waals surface area contributed by atoms with E-state index in [1.807, 2.05) is 0 Å². The number of hydrogen-bond donors (Lipinski definition) is 2. The van der Waals surface area contributed by atoms with Crippen LogP contribution in [0.5, 0.6) is 0 Å². The molecule has 0 aliphatic carbocycles. The second-order valence-corrected chi connectivity index (χ2v) is 3.72. The first kappa shape index (κ1) is 10.3. The van der Waals surface area contributed by atoms with Crippen LogP contribution in [-0.2, 0) is 0 Å². The van der Waals surface area contributed by atoms with Gasteiger partial charge in [0, 0.05) is 0 Å². The minimum absolute atomic E-state index is 0.394. The van der Waals surface area contributed by atoms with E-state index in [-0.39, 0.29) is 0 Å². The third-order valence-electron chi connectivity index (χ3n) is 1.32. The molecule has 3 N–H and O–H groups in total. The topological polar surface area (TPSA) is 63.8 Å². The number of nitrogens with zero attached hydrogens (tertiary/aromatic N) is 2. The van der Waals surface area contributed by atoms with E-state index in [0.717, 1.165) is 5.01 Å². The maximum Gasteiger partial charge on any atom is 0.276 e. The molecule has 0 aromatic carbocycles. The van der Waals surface area contributed by atoms with Crippen LogP contribution in [0.1, 0.15) is 5.01 Å². The van der Waals surface area contributed by atoms with Crippen molar-refractivity contribution in [3.05, 3.63) is 5.01 Å².